The van der Waals surface area contributed by atoms with Crippen molar-refractivity contribution in [2.75, 3.05) is 13.7 Å². The Kier molecular flexibility index (Phi) is 9.35. The lowest BCUT2D eigenvalue weighted by Crippen LogP contribution is -2.28. The highest BCUT2D eigenvalue weighted by molar-refractivity contribution is 5.89. The van der Waals surface area contributed by atoms with Crippen molar-refractivity contribution in [1.29, 1.82) is 0 Å². The summed E-state index contributed by atoms with van der Waals surface area (Å²) >= 11 is 0. The smallest absolute Gasteiger partial charge is 0.335 e. The average molecular weight is 514 g/mol. The molecule has 0 bridgehead atoms. The van der Waals surface area contributed by atoms with Gasteiger partial charge < -0.3 is 19.9 Å². The number of aryl methyl sites for hydroxylation is 1. The molecule has 36 heavy (non-hydrogen) atoms. The summed E-state index contributed by atoms with van der Waals surface area (Å²) in [6.07, 6.45) is 2.61. The first-order valence-electron chi connectivity index (χ1n) is 12.0. The van der Waals surface area contributed by atoms with Crippen molar-refractivity contribution in [2.24, 2.45) is 0 Å². The summed E-state index contributed by atoms with van der Waals surface area (Å²) in [5, 5.41) is 13.1. The predicted octanol–water partition coefficient (Wildman–Crippen LogP) is 6.68. The molecule has 0 amide bonds. The molecule has 3 aromatic rings. The van der Waals surface area contributed by atoms with Crippen LogP contribution in [0.4, 0.5) is 4.39 Å². The number of carboxylic acid groups (broad SMARTS) is 1. The number of aromatic carboxylic acids is 1. The molecule has 5 nitrogen and oxygen atoms in total. The van der Waals surface area contributed by atoms with Crippen molar-refractivity contribution in [3.05, 3.63) is 94.3 Å². The second-order valence-electron chi connectivity index (χ2n) is 9.16. The fourth-order valence-corrected chi connectivity index (χ4v) is 4.78. The van der Waals surface area contributed by atoms with Gasteiger partial charge in [-0.15, -0.1) is 12.4 Å². The molecule has 1 heterocycles. The maximum Gasteiger partial charge on any atom is 0.335 e. The van der Waals surface area contributed by atoms with Crippen molar-refractivity contribution in [2.45, 2.75) is 51.2 Å². The van der Waals surface area contributed by atoms with Gasteiger partial charge in [0, 0.05) is 17.5 Å². The molecule has 4 rings (SSSR count). The number of halogens is 2. The lowest BCUT2D eigenvalue weighted by Gasteiger charge is -2.33. The number of fused-ring (bicyclic) bond motifs is 1. The number of carboxylic acids is 1. The highest BCUT2D eigenvalue weighted by Gasteiger charge is 2.29. The number of benzene rings is 3. The quantitative estimate of drug-likeness (QED) is 0.312. The number of nitrogens with one attached hydrogen (secondary N) is 1. The van der Waals surface area contributed by atoms with E-state index in [4.69, 9.17) is 9.47 Å². The Balaban J connectivity index is 0.00000361. The normalized spacial score (nSPS) is 17.3. The third-order valence-corrected chi connectivity index (χ3v) is 6.81. The first-order chi connectivity index (χ1) is 16.9. The predicted molar refractivity (Wildman–Crippen MR) is 141 cm³/mol. The molecule has 0 spiro atoms. The standard InChI is InChI=1S/C29H32FNO4.ClH/c1-18-10-11-21(15-24(18)29(32)33)25-17-22(35-27-9-5-4-8-23(25)27)7-6-14-31-19(2)20-12-13-26(30)28(16-20)34-3;/h4-5,8-13,15-16,19,22,25,31H,6-7,14,17H2,1-3H3,(H,32,33);1H/t19-,22+,25+;/m1./s1. The van der Waals surface area contributed by atoms with E-state index >= 15 is 0 Å². The molecular weight excluding hydrogens is 481 g/mol. The van der Waals surface area contributed by atoms with Crippen molar-refractivity contribution in [1.82, 2.24) is 5.32 Å². The molecule has 3 atom stereocenters. The zero-order valence-electron chi connectivity index (χ0n) is 20.8. The summed E-state index contributed by atoms with van der Waals surface area (Å²) in [5.41, 5.74) is 4.18. The van der Waals surface area contributed by atoms with Crippen LogP contribution in [-0.2, 0) is 0 Å². The van der Waals surface area contributed by atoms with Gasteiger partial charge in [-0.1, -0.05) is 36.4 Å². The fourth-order valence-electron chi connectivity index (χ4n) is 4.78. The van der Waals surface area contributed by atoms with Crippen LogP contribution in [0.5, 0.6) is 11.5 Å². The molecule has 1 aliphatic heterocycles. The van der Waals surface area contributed by atoms with Crippen LogP contribution in [-0.4, -0.2) is 30.8 Å². The summed E-state index contributed by atoms with van der Waals surface area (Å²) in [6.45, 7) is 4.66. The topological polar surface area (TPSA) is 67.8 Å². The van der Waals surface area contributed by atoms with Crippen LogP contribution in [0.3, 0.4) is 0 Å². The molecule has 0 saturated heterocycles. The Labute approximate surface area is 218 Å². The van der Waals surface area contributed by atoms with Crippen LogP contribution in [0.15, 0.2) is 60.7 Å². The van der Waals surface area contributed by atoms with Crippen LogP contribution >= 0.6 is 12.4 Å². The number of hydrogen-bond donors (Lipinski definition) is 2. The second-order valence-corrected chi connectivity index (χ2v) is 9.16. The molecular formula is C29H33ClFNO4. The molecule has 0 radical (unpaired) electrons. The first-order valence-corrected chi connectivity index (χ1v) is 12.0. The van der Waals surface area contributed by atoms with E-state index in [1.807, 2.05) is 50.2 Å². The molecule has 0 unspecified atom stereocenters. The van der Waals surface area contributed by atoms with Gasteiger partial charge in [0.05, 0.1) is 18.8 Å². The number of methoxy groups -OCH3 is 1. The van der Waals surface area contributed by atoms with Gasteiger partial charge in [-0.2, -0.15) is 0 Å². The van der Waals surface area contributed by atoms with E-state index in [0.717, 1.165) is 53.8 Å². The zero-order valence-corrected chi connectivity index (χ0v) is 21.6. The molecule has 0 aromatic heterocycles. The summed E-state index contributed by atoms with van der Waals surface area (Å²) in [7, 11) is 1.47. The van der Waals surface area contributed by atoms with E-state index in [0.29, 0.717) is 5.56 Å². The number of para-hydroxylation sites is 1. The summed E-state index contributed by atoms with van der Waals surface area (Å²) in [4.78, 5) is 11.7. The van der Waals surface area contributed by atoms with Gasteiger partial charge in [0.25, 0.3) is 0 Å². The lowest BCUT2D eigenvalue weighted by atomic mass is 9.82. The molecule has 0 fully saturated rings. The van der Waals surface area contributed by atoms with Crippen LogP contribution in [0.2, 0.25) is 0 Å². The highest BCUT2D eigenvalue weighted by atomic mass is 35.5. The Morgan fingerprint density at radius 2 is 1.97 bits per heavy atom. The van der Waals surface area contributed by atoms with Gasteiger partial charge in [0.15, 0.2) is 11.6 Å². The molecule has 7 heteroatoms. The summed E-state index contributed by atoms with van der Waals surface area (Å²) < 4.78 is 25.1. The Bertz CT molecular complexity index is 1200. The number of ether oxygens (including phenoxy) is 2. The van der Waals surface area contributed by atoms with Crippen molar-refractivity contribution in [3.63, 3.8) is 0 Å². The van der Waals surface area contributed by atoms with Crippen molar-refractivity contribution >= 4 is 18.4 Å². The molecule has 0 aliphatic carbocycles. The largest absolute Gasteiger partial charge is 0.494 e. The maximum absolute atomic E-state index is 13.7. The van der Waals surface area contributed by atoms with E-state index in [9.17, 15) is 14.3 Å². The van der Waals surface area contributed by atoms with Gasteiger partial charge in [-0.25, -0.2) is 9.18 Å². The van der Waals surface area contributed by atoms with E-state index in [2.05, 4.69) is 11.4 Å². The van der Waals surface area contributed by atoms with E-state index in [-0.39, 0.29) is 42.0 Å². The Hall–Kier alpha value is -3.09. The Morgan fingerprint density at radius 1 is 1.19 bits per heavy atom. The zero-order chi connectivity index (χ0) is 24.9. The fraction of sp³-hybridized carbons (Fsp3) is 0.345. The highest BCUT2D eigenvalue weighted by Crippen LogP contribution is 2.41. The molecule has 192 valence electrons. The molecule has 0 saturated carbocycles. The third-order valence-electron chi connectivity index (χ3n) is 6.81. The van der Waals surface area contributed by atoms with E-state index in [1.54, 1.807) is 12.1 Å². The first kappa shape index (κ1) is 27.5. The maximum atomic E-state index is 13.7. The van der Waals surface area contributed by atoms with Gasteiger partial charge >= 0.3 is 5.97 Å². The minimum absolute atomic E-state index is 0. The SMILES string of the molecule is COc1cc([C@@H](C)NCCC[C@H]2C[C@@H](c3ccc(C)c(C(=O)O)c3)c3ccccc3O2)ccc1F.Cl. The van der Waals surface area contributed by atoms with Gasteiger partial charge in [-0.05, 0) is 80.6 Å². The van der Waals surface area contributed by atoms with Crippen LogP contribution in [0.1, 0.15) is 70.8 Å². The Morgan fingerprint density at radius 3 is 2.72 bits per heavy atom. The van der Waals surface area contributed by atoms with Gasteiger partial charge in [-0.3, -0.25) is 0 Å². The monoisotopic (exact) mass is 513 g/mol. The molecule has 1 aliphatic rings. The van der Waals surface area contributed by atoms with E-state index < -0.39 is 5.97 Å². The van der Waals surface area contributed by atoms with Crippen LogP contribution < -0.4 is 14.8 Å². The minimum atomic E-state index is -0.903. The minimum Gasteiger partial charge on any atom is -0.494 e. The third kappa shape index (κ3) is 6.18. The lowest BCUT2D eigenvalue weighted by molar-refractivity contribution is 0.0696. The molecule has 3 aromatic carbocycles. The number of carbonyl (C=O) groups is 1. The average Bonchev–Trinajstić information content (AvgIpc) is 2.86. The van der Waals surface area contributed by atoms with E-state index in [1.165, 1.54) is 13.2 Å². The van der Waals surface area contributed by atoms with Crippen LogP contribution in [0.25, 0.3) is 0 Å². The number of hydrogen-bond acceptors (Lipinski definition) is 4. The second kappa shape index (κ2) is 12.2. The van der Waals surface area contributed by atoms with Crippen molar-refractivity contribution < 1.29 is 23.8 Å². The van der Waals surface area contributed by atoms with Gasteiger partial charge in [0.2, 0.25) is 0 Å². The number of rotatable bonds is 9. The van der Waals surface area contributed by atoms with Crippen molar-refractivity contribution in [3.8, 4) is 11.5 Å². The summed E-state index contributed by atoms with van der Waals surface area (Å²) in [6, 6.07) is 18.7. The van der Waals surface area contributed by atoms with Gasteiger partial charge in [0.1, 0.15) is 5.75 Å². The molecule has 2 N–H and O–H groups in total. The summed E-state index contributed by atoms with van der Waals surface area (Å²) in [5.74, 6) is -0.0660. The van der Waals surface area contributed by atoms with Crippen LogP contribution in [0, 0.1) is 12.7 Å².